The van der Waals surface area contributed by atoms with Crippen molar-refractivity contribution in [3.63, 3.8) is 0 Å². The van der Waals surface area contributed by atoms with Crippen LogP contribution < -0.4 is 11.1 Å². The van der Waals surface area contributed by atoms with E-state index in [1.807, 2.05) is 0 Å². The summed E-state index contributed by atoms with van der Waals surface area (Å²) in [7, 11) is 0. The molecule has 1 saturated heterocycles. The molecule has 84 valence electrons. The first kappa shape index (κ1) is 13.0. The highest BCUT2D eigenvalue weighted by atomic mass is 35.5. The molecule has 0 saturated carbocycles. The molecule has 0 aromatic heterocycles. The van der Waals surface area contributed by atoms with Gasteiger partial charge in [-0.1, -0.05) is 23.2 Å². The van der Waals surface area contributed by atoms with Crippen LogP contribution >= 0.6 is 35.6 Å². The quantitative estimate of drug-likeness (QED) is 0.769. The van der Waals surface area contributed by atoms with Crippen LogP contribution in [0.5, 0.6) is 0 Å². The lowest BCUT2D eigenvalue weighted by molar-refractivity contribution is 0.286. The molecule has 0 unspecified atom stereocenters. The van der Waals surface area contributed by atoms with Gasteiger partial charge in [-0.2, -0.15) is 0 Å². The summed E-state index contributed by atoms with van der Waals surface area (Å²) in [6, 6.07) is 2.96. The Balaban J connectivity index is 0.00000112. The van der Waals surface area contributed by atoms with Crippen molar-refractivity contribution in [1.82, 2.24) is 5.32 Å². The van der Waals surface area contributed by atoms with Crippen molar-refractivity contribution in [3.05, 3.63) is 33.6 Å². The van der Waals surface area contributed by atoms with Gasteiger partial charge in [0.25, 0.3) is 0 Å². The van der Waals surface area contributed by atoms with Crippen LogP contribution in [0.15, 0.2) is 12.1 Å². The maximum Gasteiger partial charge on any atom is 0.143 e. The summed E-state index contributed by atoms with van der Waals surface area (Å²) in [5.74, 6) is -0.522. The van der Waals surface area contributed by atoms with E-state index in [2.05, 4.69) is 5.32 Å². The Hall–Kier alpha value is -0.0600. The molecule has 0 aliphatic carbocycles. The summed E-state index contributed by atoms with van der Waals surface area (Å²) >= 11 is 11.4. The Kier molecular flexibility index (Phi) is 3.85. The van der Waals surface area contributed by atoms with Gasteiger partial charge in [-0.3, -0.25) is 0 Å². The lowest BCUT2D eigenvalue weighted by Gasteiger charge is -2.39. The smallest absolute Gasteiger partial charge is 0.143 e. The number of nitrogens with one attached hydrogen (secondary N) is 1. The van der Waals surface area contributed by atoms with Crippen molar-refractivity contribution in [2.75, 3.05) is 13.1 Å². The van der Waals surface area contributed by atoms with Crippen molar-refractivity contribution in [1.29, 1.82) is 0 Å². The average molecular weight is 272 g/mol. The topological polar surface area (TPSA) is 38.0 Å². The molecular weight excluding hydrogens is 261 g/mol. The Morgan fingerprint density at radius 2 is 1.93 bits per heavy atom. The number of halogens is 4. The van der Waals surface area contributed by atoms with E-state index in [0.29, 0.717) is 18.7 Å². The number of hydrogen-bond donors (Lipinski definition) is 2. The Labute approximate surface area is 103 Å². The number of nitrogens with two attached hydrogens (primary N) is 1. The zero-order chi connectivity index (χ0) is 10.3. The van der Waals surface area contributed by atoms with Gasteiger partial charge < -0.3 is 11.1 Å². The predicted octanol–water partition coefficient (Wildman–Crippen LogP) is 2.31. The zero-order valence-electron chi connectivity index (χ0n) is 7.69. The summed E-state index contributed by atoms with van der Waals surface area (Å²) in [6.45, 7) is 1.26. The van der Waals surface area contributed by atoms with Gasteiger partial charge in [0.2, 0.25) is 0 Å². The molecular formula is C9H10Cl3FN2. The van der Waals surface area contributed by atoms with Gasteiger partial charge in [-0.25, -0.2) is 4.39 Å². The molecule has 2 rings (SSSR count). The van der Waals surface area contributed by atoms with Gasteiger partial charge in [0.1, 0.15) is 5.82 Å². The summed E-state index contributed by atoms with van der Waals surface area (Å²) in [4.78, 5) is 0. The van der Waals surface area contributed by atoms with Crippen molar-refractivity contribution in [2.45, 2.75) is 5.54 Å². The molecule has 1 fully saturated rings. The highest BCUT2D eigenvalue weighted by Crippen LogP contribution is 2.31. The normalized spacial score (nSPS) is 17.9. The molecule has 1 heterocycles. The minimum absolute atomic E-state index is 0. The minimum Gasteiger partial charge on any atom is -0.319 e. The second-order valence-corrected chi connectivity index (χ2v) is 4.30. The molecule has 0 radical (unpaired) electrons. The predicted molar refractivity (Wildman–Crippen MR) is 62.4 cm³/mol. The van der Waals surface area contributed by atoms with Gasteiger partial charge in [-0.15, -0.1) is 12.4 Å². The van der Waals surface area contributed by atoms with Crippen LogP contribution in [0.4, 0.5) is 4.39 Å². The number of hydrogen-bond acceptors (Lipinski definition) is 2. The summed E-state index contributed by atoms with van der Waals surface area (Å²) < 4.78 is 13.2. The van der Waals surface area contributed by atoms with Crippen LogP contribution in [0, 0.1) is 5.82 Å². The standard InChI is InChI=1S/C9H9Cl2FN2.ClH/c10-6-1-5(2-7(12)8(6)11)9(13)3-14-4-9;/h1-2,14H,3-4,13H2;1H. The third-order valence-electron chi connectivity index (χ3n) is 2.44. The van der Waals surface area contributed by atoms with Gasteiger partial charge >= 0.3 is 0 Å². The van der Waals surface area contributed by atoms with Crippen molar-refractivity contribution < 1.29 is 4.39 Å². The van der Waals surface area contributed by atoms with Crippen LogP contribution in [0.2, 0.25) is 10.0 Å². The van der Waals surface area contributed by atoms with E-state index >= 15 is 0 Å². The molecule has 1 aliphatic rings. The molecule has 0 bridgehead atoms. The largest absolute Gasteiger partial charge is 0.319 e. The fourth-order valence-electron chi connectivity index (χ4n) is 1.44. The van der Waals surface area contributed by atoms with Gasteiger partial charge in [0.15, 0.2) is 0 Å². The SMILES string of the molecule is Cl.NC1(c2cc(F)c(Cl)c(Cl)c2)CNC1. The molecule has 6 heteroatoms. The van der Waals surface area contributed by atoms with E-state index in [4.69, 9.17) is 28.9 Å². The first-order valence-corrected chi connectivity index (χ1v) is 4.93. The molecule has 1 aromatic rings. The third-order valence-corrected chi connectivity index (χ3v) is 3.22. The van der Waals surface area contributed by atoms with E-state index in [0.717, 1.165) is 0 Å². The van der Waals surface area contributed by atoms with E-state index < -0.39 is 11.4 Å². The molecule has 3 N–H and O–H groups in total. The zero-order valence-corrected chi connectivity index (χ0v) is 10.0. The van der Waals surface area contributed by atoms with E-state index in [9.17, 15) is 4.39 Å². The summed E-state index contributed by atoms with van der Waals surface area (Å²) in [5.41, 5.74) is 6.16. The first-order chi connectivity index (χ1) is 6.53. The highest BCUT2D eigenvalue weighted by Gasteiger charge is 2.35. The summed E-state index contributed by atoms with van der Waals surface area (Å²) in [5, 5.41) is 3.19. The first-order valence-electron chi connectivity index (χ1n) is 4.17. The number of rotatable bonds is 1. The molecule has 15 heavy (non-hydrogen) atoms. The third kappa shape index (κ3) is 2.22. The van der Waals surface area contributed by atoms with Crippen LogP contribution in [0.3, 0.4) is 0 Å². The van der Waals surface area contributed by atoms with Gasteiger partial charge in [0.05, 0.1) is 15.6 Å². The van der Waals surface area contributed by atoms with E-state index in [-0.39, 0.29) is 22.5 Å². The molecule has 0 spiro atoms. The van der Waals surface area contributed by atoms with Crippen LogP contribution in [-0.2, 0) is 5.54 Å². The van der Waals surface area contributed by atoms with Crippen LogP contribution in [0.25, 0.3) is 0 Å². The molecule has 1 aromatic carbocycles. The average Bonchev–Trinajstić information content (AvgIpc) is 2.09. The molecule has 0 atom stereocenters. The van der Waals surface area contributed by atoms with Crippen molar-refractivity contribution >= 4 is 35.6 Å². The Morgan fingerprint density at radius 3 is 2.33 bits per heavy atom. The van der Waals surface area contributed by atoms with E-state index in [1.165, 1.54) is 6.07 Å². The maximum atomic E-state index is 13.2. The lowest BCUT2D eigenvalue weighted by Crippen LogP contribution is -2.62. The van der Waals surface area contributed by atoms with Gasteiger partial charge in [-0.05, 0) is 17.7 Å². The fraction of sp³-hybridized carbons (Fsp3) is 0.333. The minimum atomic E-state index is -0.522. The molecule has 0 amide bonds. The molecule has 1 aliphatic heterocycles. The fourth-order valence-corrected chi connectivity index (χ4v) is 1.76. The summed E-state index contributed by atoms with van der Waals surface area (Å²) in [6.07, 6.45) is 0. The van der Waals surface area contributed by atoms with Crippen LogP contribution in [-0.4, -0.2) is 13.1 Å². The Bertz CT molecular complexity index is 357. The maximum absolute atomic E-state index is 13.2. The second-order valence-electron chi connectivity index (χ2n) is 3.51. The van der Waals surface area contributed by atoms with Gasteiger partial charge in [0, 0.05) is 13.1 Å². The monoisotopic (exact) mass is 270 g/mol. The van der Waals surface area contributed by atoms with Crippen molar-refractivity contribution in [2.24, 2.45) is 5.73 Å². The highest BCUT2D eigenvalue weighted by molar-refractivity contribution is 6.42. The van der Waals surface area contributed by atoms with Crippen LogP contribution in [0.1, 0.15) is 5.56 Å². The van der Waals surface area contributed by atoms with Crippen molar-refractivity contribution in [3.8, 4) is 0 Å². The lowest BCUT2D eigenvalue weighted by atomic mass is 9.85. The Morgan fingerprint density at radius 1 is 1.33 bits per heavy atom. The number of benzene rings is 1. The van der Waals surface area contributed by atoms with E-state index in [1.54, 1.807) is 6.07 Å². The second kappa shape index (κ2) is 4.44. The molecule has 2 nitrogen and oxygen atoms in total.